The van der Waals surface area contributed by atoms with E-state index in [1.807, 2.05) is 48.5 Å². The molecule has 14 heteroatoms. The van der Waals surface area contributed by atoms with Crippen LogP contribution in [0.25, 0.3) is 0 Å². The minimum absolute atomic E-state index is 0.0218. The molecule has 0 aliphatic carbocycles. The molecule has 0 aromatic heterocycles. The molecular weight excluding hydrogens is 749 g/mol. The van der Waals surface area contributed by atoms with Gasteiger partial charge in [-0.1, -0.05) is 74.9 Å². The molecule has 1 aliphatic heterocycles. The van der Waals surface area contributed by atoms with Crippen LogP contribution in [0.1, 0.15) is 106 Å². The van der Waals surface area contributed by atoms with E-state index < -0.39 is 37.1 Å². The number of benzene rings is 3. The lowest BCUT2D eigenvalue weighted by molar-refractivity contribution is -0.131. The van der Waals surface area contributed by atoms with E-state index in [4.69, 9.17) is 9.84 Å². The number of aliphatic hydroxyl groups excluding tert-OH is 6. The number of halogens is 1. The largest absolute Gasteiger partial charge is 0.497 e. The topological polar surface area (TPSA) is 209 Å². The summed E-state index contributed by atoms with van der Waals surface area (Å²) >= 11 is 0. The van der Waals surface area contributed by atoms with Crippen LogP contribution in [0, 0.1) is 11.7 Å². The Hall–Kier alpha value is -4.44. The molecular formula is C44H60FN3O10. The molecule has 1 heterocycles. The predicted octanol–water partition coefficient (Wildman–Crippen LogP) is 4.12. The van der Waals surface area contributed by atoms with Crippen LogP contribution in [-0.4, -0.2) is 93.0 Å². The highest BCUT2D eigenvalue weighted by atomic mass is 19.1. The molecule has 7 atom stereocenters. The molecule has 0 bridgehead atoms. The van der Waals surface area contributed by atoms with Crippen LogP contribution in [0.4, 0.5) is 10.1 Å². The summed E-state index contributed by atoms with van der Waals surface area (Å²) < 4.78 is 18.7. The van der Waals surface area contributed by atoms with Crippen LogP contribution in [0.2, 0.25) is 0 Å². The third kappa shape index (κ3) is 13.8. The number of ether oxygens (including phenoxy) is 1. The van der Waals surface area contributed by atoms with Crippen molar-refractivity contribution in [2.45, 2.75) is 120 Å². The average molecular weight is 810 g/mol. The second-order valence-electron chi connectivity index (χ2n) is 15.1. The molecule has 8 N–H and O–H groups in total. The number of hydrogen-bond donors (Lipinski definition) is 8. The molecule has 0 saturated carbocycles. The zero-order chi connectivity index (χ0) is 42.0. The zero-order valence-electron chi connectivity index (χ0n) is 33.2. The van der Waals surface area contributed by atoms with Gasteiger partial charge in [-0.25, -0.2) is 4.39 Å². The number of unbranched alkanes of at least 4 members (excludes halogenated alkanes) is 7. The van der Waals surface area contributed by atoms with E-state index in [0.717, 1.165) is 61.8 Å². The van der Waals surface area contributed by atoms with Crippen molar-refractivity contribution in [3.63, 3.8) is 0 Å². The molecule has 1 unspecified atom stereocenters. The lowest BCUT2D eigenvalue weighted by atomic mass is 9.78. The number of carbonyl (C=O) groups excluding carboxylic acids is 3. The van der Waals surface area contributed by atoms with E-state index >= 15 is 0 Å². The van der Waals surface area contributed by atoms with Crippen molar-refractivity contribution in [1.29, 1.82) is 0 Å². The first-order valence-electron chi connectivity index (χ1n) is 20.3. The molecule has 318 valence electrons. The molecule has 3 aromatic rings. The Morgan fingerprint density at radius 1 is 0.741 bits per heavy atom. The monoisotopic (exact) mass is 809 g/mol. The van der Waals surface area contributed by atoms with Gasteiger partial charge in [-0.3, -0.25) is 14.4 Å². The molecule has 3 amide bonds. The number of aliphatic hydroxyl groups is 6. The molecule has 1 fully saturated rings. The average Bonchev–Trinajstić information content (AvgIpc) is 3.24. The quantitative estimate of drug-likeness (QED) is 0.0430. The number of methoxy groups -OCH3 is 1. The molecule has 13 nitrogen and oxygen atoms in total. The molecule has 4 rings (SSSR count). The van der Waals surface area contributed by atoms with Crippen molar-refractivity contribution in [2.75, 3.05) is 25.2 Å². The van der Waals surface area contributed by atoms with Gasteiger partial charge in [-0.05, 0) is 78.8 Å². The number of rotatable bonds is 26. The lowest BCUT2D eigenvalue weighted by Gasteiger charge is -2.48. The predicted molar refractivity (Wildman–Crippen MR) is 216 cm³/mol. The number of amides is 3. The third-order valence-electron chi connectivity index (χ3n) is 10.8. The molecule has 58 heavy (non-hydrogen) atoms. The maximum Gasteiger partial charge on any atom is 0.233 e. The Labute approximate surface area is 339 Å². The Morgan fingerprint density at radius 2 is 1.29 bits per heavy atom. The smallest absolute Gasteiger partial charge is 0.233 e. The zero-order valence-corrected chi connectivity index (χ0v) is 33.2. The summed E-state index contributed by atoms with van der Waals surface area (Å²) in [4.78, 5) is 39.9. The fourth-order valence-corrected chi connectivity index (χ4v) is 7.18. The van der Waals surface area contributed by atoms with Gasteiger partial charge in [0.15, 0.2) is 0 Å². The molecule has 3 aromatic carbocycles. The van der Waals surface area contributed by atoms with Gasteiger partial charge >= 0.3 is 0 Å². The summed E-state index contributed by atoms with van der Waals surface area (Å²) in [6, 6.07) is 20.7. The highest BCUT2D eigenvalue weighted by Gasteiger charge is 2.48. The first-order valence-corrected chi connectivity index (χ1v) is 20.3. The van der Waals surface area contributed by atoms with E-state index in [0.29, 0.717) is 43.5 Å². The summed E-state index contributed by atoms with van der Waals surface area (Å²) in [6.45, 7) is -0.681. The second-order valence-corrected chi connectivity index (χ2v) is 15.1. The van der Waals surface area contributed by atoms with Gasteiger partial charge in [0.2, 0.25) is 17.7 Å². The summed E-state index contributed by atoms with van der Waals surface area (Å²) in [5.41, 5.74) is 3.21. The number of β-lactam (4-membered cyclic amide) rings is 1. The highest BCUT2D eigenvalue weighted by molar-refractivity contribution is 6.03. The van der Waals surface area contributed by atoms with Gasteiger partial charge in [0.25, 0.3) is 0 Å². The fourth-order valence-electron chi connectivity index (χ4n) is 7.18. The van der Waals surface area contributed by atoms with Crippen LogP contribution in [0.15, 0.2) is 72.8 Å². The van der Waals surface area contributed by atoms with Gasteiger partial charge in [0, 0.05) is 31.6 Å². The van der Waals surface area contributed by atoms with Crippen molar-refractivity contribution in [3.05, 3.63) is 95.3 Å². The standard InChI is InChI=1S/C44H60FN3O10/c1-58-34-22-16-31(17-23-34)41-35(24-25-36(50)30-14-18-32(45)19-15-30)44(57)48(41)33-20-12-29(13-21-33)26-46-39(53)10-8-6-4-2-3-5-7-9-11-40(54)47-27-37(51)42(55)43(56)38(52)28-49/h12-23,35-38,41-43,49-52,55-56H,2-11,24-28H2,1H3,(H,46,53)(H,47,54)/t35-,36+,37+,38-,41-,42?,43-/m1/s1. The van der Waals surface area contributed by atoms with E-state index in [9.17, 15) is 44.3 Å². The Morgan fingerprint density at radius 3 is 1.86 bits per heavy atom. The van der Waals surface area contributed by atoms with Crippen molar-refractivity contribution < 1.29 is 54.2 Å². The van der Waals surface area contributed by atoms with Crippen LogP contribution in [0.5, 0.6) is 5.75 Å². The number of carbonyl (C=O) groups is 3. The molecule has 1 aliphatic rings. The van der Waals surface area contributed by atoms with E-state index in [2.05, 4.69) is 10.6 Å². The van der Waals surface area contributed by atoms with E-state index in [1.54, 1.807) is 24.1 Å². The van der Waals surface area contributed by atoms with Gasteiger partial charge < -0.3 is 50.9 Å². The van der Waals surface area contributed by atoms with Crippen molar-refractivity contribution in [1.82, 2.24) is 10.6 Å². The summed E-state index contributed by atoms with van der Waals surface area (Å²) in [5.74, 6) is -0.357. The Balaban J connectivity index is 1.10. The van der Waals surface area contributed by atoms with Crippen molar-refractivity contribution >= 4 is 23.4 Å². The minimum Gasteiger partial charge on any atom is -0.497 e. The van der Waals surface area contributed by atoms with Crippen molar-refractivity contribution in [3.8, 4) is 5.75 Å². The normalized spacial score (nSPS) is 17.8. The SMILES string of the molecule is COc1ccc([C@@H]2[C@@H](CC[C@H](O)c3ccc(F)cc3)C(=O)N2c2ccc(CNC(=O)CCCCCCCCCCC(=O)NC[C@H](O)C(O)[C@H](O)[C@H](O)CO)cc2)cc1. The third-order valence-corrected chi connectivity index (χ3v) is 10.8. The van der Waals surface area contributed by atoms with Crippen LogP contribution in [0.3, 0.4) is 0 Å². The number of nitrogens with zero attached hydrogens (tertiary/aromatic N) is 1. The lowest BCUT2D eigenvalue weighted by Crippen LogP contribution is -2.55. The molecule has 0 radical (unpaired) electrons. The van der Waals surface area contributed by atoms with Crippen molar-refractivity contribution in [2.24, 2.45) is 5.92 Å². The van der Waals surface area contributed by atoms with E-state index in [-0.39, 0.29) is 48.5 Å². The Bertz CT molecular complexity index is 1700. The number of nitrogens with one attached hydrogen (secondary N) is 2. The molecule has 1 saturated heterocycles. The summed E-state index contributed by atoms with van der Waals surface area (Å²) in [5, 5.41) is 63.8. The fraction of sp³-hybridized carbons (Fsp3) is 0.523. The van der Waals surface area contributed by atoms with Crippen LogP contribution >= 0.6 is 0 Å². The maximum absolute atomic E-state index is 13.6. The van der Waals surface area contributed by atoms with Gasteiger partial charge in [0.1, 0.15) is 29.9 Å². The van der Waals surface area contributed by atoms with E-state index in [1.165, 1.54) is 12.1 Å². The first-order chi connectivity index (χ1) is 27.9. The number of hydrogen-bond acceptors (Lipinski definition) is 10. The summed E-state index contributed by atoms with van der Waals surface area (Å²) in [7, 11) is 1.60. The number of anilines is 1. The van der Waals surface area contributed by atoms with Crippen LogP contribution in [-0.2, 0) is 20.9 Å². The highest BCUT2D eigenvalue weighted by Crippen LogP contribution is 2.46. The van der Waals surface area contributed by atoms with Gasteiger partial charge in [-0.15, -0.1) is 0 Å². The Kier molecular flexibility index (Phi) is 19.0. The second kappa shape index (κ2) is 23.8. The van der Waals surface area contributed by atoms with Crippen LogP contribution < -0.4 is 20.3 Å². The van der Waals surface area contributed by atoms with Gasteiger partial charge in [-0.2, -0.15) is 0 Å². The summed E-state index contributed by atoms with van der Waals surface area (Å²) in [6.07, 6.45) is 1.46. The first kappa shape index (κ1) is 46.3. The van der Waals surface area contributed by atoms with Gasteiger partial charge in [0.05, 0.1) is 37.9 Å². The minimum atomic E-state index is -1.73. The molecule has 0 spiro atoms. The maximum atomic E-state index is 13.6.